The molecule has 0 radical (unpaired) electrons. The molecule has 25 heavy (non-hydrogen) atoms. The summed E-state index contributed by atoms with van der Waals surface area (Å²) in [6.45, 7) is 6.76. The second kappa shape index (κ2) is 6.12. The number of fused-ring (bicyclic) bond motifs is 1. The van der Waals surface area contributed by atoms with Gasteiger partial charge >= 0.3 is 0 Å². The lowest BCUT2D eigenvalue weighted by molar-refractivity contribution is -0.123. The Labute approximate surface area is 158 Å². The monoisotopic (exact) mass is 404 g/mol. The highest BCUT2D eigenvalue weighted by molar-refractivity contribution is 7.89. The van der Waals surface area contributed by atoms with E-state index < -0.39 is 19.8 Å². The Morgan fingerprint density at radius 3 is 2.40 bits per heavy atom. The van der Waals surface area contributed by atoms with Gasteiger partial charge in [-0.25, -0.2) is 8.42 Å². The Morgan fingerprint density at radius 2 is 1.88 bits per heavy atom. The van der Waals surface area contributed by atoms with E-state index in [-0.39, 0.29) is 10.8 Å². The van der Waals surface area contributed by atoms with E-state index in [0.29, 0.717) is 32.5 Å². The molecule has 1 amide bonds. The summed E-state index contributed by atoms with van der Waals surface area (Å²) in [5, 5.41) is 0. The van der Waals surface area contributed by atoms with Crippen molar-refractivity contribution in [2.45, 2.75) is 42.8 Å². The molecule has 8 heteroatoms. The van der Waals surface area contributed by atoms with E-state index in [1.807, 2.05) is 13.8 Å². The lowest BCUT2D eigenvalue weighted by Gasteiger charge is -2.23. The zero-order valence-corrected chi connectivity index (χ0v) is 16.9. The molecule has 1 atom stereocenters. The van der Waals surface area contributed by atoms with E-state index in [1.54, 1.807) is 30.0 Å². The molecule has 2 aliphatic rings. The van der Waals surface area contributed by atoms with Crippen molar-refractivity contribution in [2.24, 2.45) is 5.41 Å². The minimum Gasteiger partial charge on any atom is -0.311 e. The molecule has 0 saturated heterocycles. The molecule has 0 unspecified atom stereocenters. The van der Waals surface area contributed by atoms with Gasteiger partial charge in [0.25, 0.3) is 0 Å². The van der Waals surface area contributed by atoms with Crippen LogP contribution in [0.3, 0.4) is 0 Å². The van der Waals surface area contributed by atoms with Gasteiger partial charge in [0, 0.05) is 25.3 Å². The molecule has 0 bridgehead atoms. The van der Waals surface area contributed by atoms with Crippen LogP contribution in [0.1, 0.15) is 32.8 Å². The van der Waals surface area contributed by atoms with Crippen LogP contribution in [0.2, 0.25) is 0 Å². The van der Waals surface area contributed by atoms with Gasteiger partial charge in [-0.05, 0) is 43.5 Å². The average molecular weight is 405 g/mol. The molecular weight excluding hydrogens is 383 g/mol. The summed E-state index contributed by atoms with van der Waals surface area (Å²) < 4.78 is 25.8. The number of amides is 1. The number of sulfonamides is 1. The molecule has 1 fully saturated rings. The Kier molecular flexibility index (Phi) is 4.64. The lowest BCUT2D eigenvalue weighted by Crippen LogP contribution is -2.37. The first-order valence-electron chi connectivity index (χ1n) is 8.41. The van der Waals surface area contributed by atoms with Gasteiger partial charge in [0.05, 0.1) is 10.3 Å². The minimum atomic E-state index is -3.51. The first kappa shape index (κ1) is 19.0. The Bertz CT molecular complexity index is 821. The third kappa shape index (κ3) is 2.87. The van der Waals surface area contributed by atoms with Crippen molar-refractivity contribution in [2.75, 3.05) is 24.5 Å². The van der Waals surface area contributed by atoms with E-state index in [9.17, 15) is 13.2 Å². The second-order valence-electron chi connectivity index (χ2n) is 6.80. The maximum atomic E-state index is 12.8. The molecule has 1 aromatic carbocycles. The van der Waals surface area contributed by atoms with Crippen LogP contribution >= 0.6 is 23.2 Å². The molecule has 1 heterocycles. The van der Waals surface area contributed by atoms with Crippen LogP contribution in [0.15, 0.2) is 23.1 Å². The van der Waals surface area contributed by atoms with Crippen molar-refractivity contribution in [1.82, 2.24) is 4.31 Å². The van der Waals surface area contributed by atoms with Gasteiger partial charge in [0.15, 0.2) is 0 Å². The zero-order valence-electron chi connectivity index (χ0n) is 14.6. The molecule has 1 aliphatic heterocycles. The minimum absolute atomic E-state index is 0.101. The average Bonchev–Trinajstić information content (AvgIpc) is 2.91. The van der Waals surface area contributed by atoms with Crippen molar-refractivity contribution in [3.63, 3.8) is 0 Å². The van der Waals surface area contributed by atoms with E-state index in [2.05, 4.69) is 0 Å². The quantitative estimate of drug-likeness (QED) is 0.707. The van der Waals surface area contributed by atoms with Crippen LogP contribution in [0, 0.1) is 5.41 Å². The van der Waals surface area contributed by atoms with Crippen LogP contribution in [-0.4, -0.2) is 42.6 Å². The highest BCUT2D eigenvalue weighted by Crippen LogP contribution is 2.64. The van der Waals surface area contributed by atoms with E-state index in [0.717, 1.165) is 11.3 Å². The van der Waals surface area contributed by atoms with Crippen molar-refractivity contribution in [1.29, 1.82) is 0 Å². The summed E-state index contributed by atoms with van der Waals surface area (Å²) in [5.41, 5.74) is 0.838. The fourth-order valence-electron chi connectivity index (χ4n) is 3.39. The third-order valence-corrected chi connectivity index (χ3v) is 8.41. The second-order valence-corrected chi connectivity index (χ2v) is 10.2. The number of carbonyl (C=O) groups excluding carboxylic acids is 1. The van der Waals surface area contributed by atoms with E-state index >= 15 is 0 Å². The van der Waals surface area contributed by atoms with Crippen molar-refractivity contribution in [3.05, 3.63) is 23.8 Å². The molecule has 0 aromatic heterocycles. The van der Waals surface area contributed by atoms with Crippen LogP contribution in [0.5, 0.6) is 0 Å². The van der Waals surface area contributed by atoms with Crippen LogP contribution < -0.4 is 4.90 Å². The van der Waals surface area contributed by atoms with E-state index in [1.165, 1.54) is 4.31 Å². The number of benzene rings is 1. The summed E-state index contributed by atoms with van der Waals surface area (Å²) in [5.74, 6) is -0.101. The predicted octanol–water partition coefficient (Wildman–Crippen LogP) is 3.19. The van der Waals surface area contributed by atoms with Crippen LogP contribution in [0.25, 0.3) is 0 Å². The summed E-state index contributed by atoms with van der Waals surface area (Å²) in [6.07, 6.45) is 1.05. The number of hydrogen-bond donors (Lipinski definition) is 0. The number of rotatable bonds is 5. The number of nitrogens with zero attached hydrogens (tertiary/aromatic N) is 2. The first-order chi connectivity index (χ1) is 11.6. The smallest absolute Gasteiger partial charge is 0.243 e. The summed E-state index contributed by atoms with van der Waals surface area (Å²) in [4.78, 5) is 14.8. The molecule has 1 aromatic rings. The van der Waals surface area contributed by atoms with Gasteiger partial charge in [-0.15, -0.1) is 23.2 Å². The van der Waals surface area contributed by atoms with Gasteiger partial charge in [0.1, 0.15) is 4.33 Å². The van der Waals surface area contributed by atoms with E-state index in [4.69, 9.17) is 23.2 Å². The van der Waals surface area contributed by atoms with Gasteiger partial charge in [-0.1, -0.05) is 13.8 Å². The lowest BCUT2D eigenvalue weighted by atomic mass is 10.1. The molecule has 0 N–H and O–H groups in total. The summed E-state index contributed by atoms with van der Waals surface area (Å²) in [7, 11) is -3.51. The molecule has 1 aliphatic carbocycles. The molecule has 3 rings (SSSR count). The van der Waals surface area contributed by atoms with Gasteiger partial charge in [0.2, 0.25) is 15.9 Å². The Morgan fingerprint density at radius 1 is 1.28 bits per heavy atom. The Balaban J connectivity index is 1.91. The number of anilines is 1. The highest BCUT2D eigenvalue weighted by atomic mass is 35.5. The standard InChI is InChI=1S/C17H22Cl2N2O3S/c1-4-20(5-2)25(23,24)13-6-7-14-12(10-13)8-9-21(14)15(22)16(3)11-17(16,18)19/h6-7,10H,4-5,8-9,11H2,1-3H3/t16-/m1/s1. The van der Waals surface area contributed by atoms with Crippen molar-refractivity contribution < 1.29 is 13.2 Å². The highest BCUT2D eigenvalue weighted by Gasteiger charge is 2.69. The summed E-state index contributed by atoms with van der Waals surface area (Å²) >= 11 is 12.3. The molecule has 138 valence electrons. The molecule has 0 spiro atoms. The fourth-order valence-corrected chi connectivity index (χ4v) is 5.60. The number of carbonyl (C=O) groups is 1. The molecule has 1 saturated carbocycles. The number of hydrogen-bond acceptors (Lipinski definition) is 3. The maximum absolute atomic E-state index is 12.8. The van der Waals surface area contributed by atoms with Gasteiger partial charge in [-0.2, -0.15) is 4.31 Å². The SMILES string of the molecule is CCN(CC)S(=O)(=O)c1ccc2c(c1)CCN2C(=O)[C@@]1(C)CC1(Cl)Cl. The zero-order chi connectivity index (χ0) is 18.6. The fraction of sp³-hybridized carbons (Fsp3) is 0.588. The third-order valence-electron chi connectivity index (χ3n) is 5.26. The molecule has 5 nitrogen and oxygen atoms in total. The number of alkyl halides is 2. The largest absolute Gasteiger partial charge is 0.311 e. The van der Waals surface area contributed by atoms with Gasteiger partial charge in [-0.3, -0.25) is 4.79 Å². The van der Waals surface area contributed by atoms with Crippen LogP contribution in [-0.2, 0) is 21.2 Å². The van der Waals surface area contributed by atoms with Crippen molar-refractivity contribution in [3.8, 4) is 0 Å². The van der Waals surface area contributed by atoms with Gasteiger partial charge < -0.3 is 4.90 Å². The van der Waals surface area contributed by atoms with Crippen LogP contribution in [0.4, 0.5) is 5.69 Å². The predicted molar refractivity (Wildman–Crippen MR) is 99.8 cm³/mol. The van der Waals surface area contributed by atoms with Crippen molar-refractivity contribution >= 4 is 44.8 Å². The summed E-state index contributed by atoms with van der Waals surface area (Å²) in [6, 6.07) is 4.97. The molecular formula is C17H22Cl2N2O3S. The number of halogens is 2. The Hall–Kier alpha value is -0.820. The first-order valence-corrected chi connectivity index (χ1v) is 10.6. The maximum Gasteiger partial charge on any atom is 0.243 e. The topological polar surface area (TPSA) is 57.7 Å². The normalized spacial score (nSPS) is 24.5.